The number of hydrogen-bond donors (Lipinski definition) is 0. The second kappa shape index (κ2) is 9.01. The minimum absolute atomic E-state index is 0.200. The standard InChI is InChI=1S/C23H29N7O/c31-23(16-19-4-6-20(7-5-19)17-27-10-2-1-3-11-27)29-14-12-28(13-15-29)22-9-8-21-25-24-18-30(21)26-22/h4-9,18H,1-3,10-17H2. The Morgan fingerprint density at radius 3 is 2.35 bits per heavy atom. The highest BCUT2D eigenvalue weighted by Crippen LogP contribution is 2.16. The maximum Gasteiger partial charge on any atom is 0.227 e. The van der Waals surface area contributed by atoms with Gasteiger partial charge < -0.3 is 9.80 Å². The quantitative estimate of drug-likeness (QED) is 0.630. The summed E-state index contributed by atoms with van der Waals surface area (Å²) in [6.07, 6.45) is 6.06. The van der Waals surface area contributed by atoms with Crippen LogP contribution in [0.2, 0.25) is 0 Å². The van der Waals surface area contributed by atoms with Gasteiger partial charge in [-0.15, -0.1) is 15.3 Å². The smallest absolute Gasteiger partial charge is 0.227 e. The fraction of sp³-hybridized carbons (Fsp3) is 0.478. The van der Waals surface area contributed by atoms with E-state index in [2.05, 4.69) is 49.4 Å². The summed E-state index contributed by atoms with van der Waals surface area (Å²) in [5.74, 6) is 1.09. The summed E-state index contributed by atoms with van der Waals surface area (Å²) >= 11 is 0. The molecule has 0 bridgehead atoms. The molecule has 8 nitrogen and oxygen atoms in total. The van der Waals surface area contributed by atoms with E-state index in [0.29, 0.717) is 19.5 Å². The van der Waals surface area contributed by atoms with E-state index in [4.69, 9.17) is 0 Å². The molecule has 0 aliphatic carbocycles. The highest BCUT2D eigenvalue weighted by molar-refractivity contribution is 5.79. The van der Waals surface area contributed by atoms with Crippen LogP contribution in [0, 0.1) is 0 Å². The lowest BCUT2D eigenvalue weighted by molar-refractivity contribution is -0.130. The van der Waals surface area contributed by atoms with Crippen molar-refractivity contribution in [3.63, 3.8) is 0 Å². The average Bonchev–Trinajstić information content (AvgIpc) is 3.29. The van der Waals surface area contributed by atoms with Crippen LogP contribution in [0.5, 0.6) is 0 Å². The Morgan fingerprint density at radius 2 is 1.58 bits per heavy atom. The Labute approximate surface area is 182 Å². The molecule has 4 heterocycles. The second-order valence-electron chi connectivity index (χ2n) is 8.52. The highest BCUT2D eigenvalue weighted by atomic mass is 16.2. The van der Waals surface area contributed by atoms with Crippen molar-refractivity contribution in [1.82, 2.24) is 29.6 Å². The topological polar surface area (TPSA) is 69.9 Å². The highest BCUT2D eigenvalue weighted by Gasteiger charge is 2.22. The van der Waals surface area contributed by atoms with Crippen molar-refractivity contribution in [3.05, 3.63) is 53.9 Å². The van der Waals surface area contributed by atoms with Crippen LogP contribution >= 0.6 is 0 Å². The van der Waals surface area contributed by atoms with Gasteiger partial charge in [-0.05, 0) is 49.2 Å². The largest absolute Gasteiger partial charge is 0.352 e. The van der Waals surface area contributed by atoms with Gasteiger partial charge in [0.2, 0.25) is 5.91 Å². The number of rotatable bonds is 5. The lowest BCUT2D eigenvalue weighted by Crippen LogP contribution is -2.49. The number of piperidine rings is 1. The lowest BCUT2D eigenvalue weighted by atomic mass is 10.1. The third-order valence-corrected chi connectivity index (χ3v) is 6.34. The Morgan fingerprint density at radius 1 is 0.839 bits per heavy atom. The molecule has 1 amide bonds. The molecule has 0 radical (unpaired) electrons. The zero-order chi connectivity index (χ0) is 21.0. The van der Waals surface area contributed by atoms with Gasteiger partial charge in [0.05, 0.1) is 6.42 Å². The zero-order valence-electron chi connectivity index (χ0n) is 17.9. The van der Waals surface area contributed by atoms with Crippen molar-refractivity contribution in [1.29, 1.82) is 0 Å². The number of anilines is 1. The van der Waals surface area contributed by atoms with E-state index in [0.717, 1.165) is 36.7 Å². The summed E-state index contributed by atoms with van der Waals surface area (Å²) in [5, 5.41) is 12.4. The van der Waals surface area contributed by atoms with E-state index >= 15 is 0 Å². The van der Waals surface area contributed by atoms with Crippen LogP contribution < -0.4 is 4.90 Å². The lowest BCUT2D eigenvalue weighted by Gasteiger charge is -2.35. The Bertz CT molecular complexity index is 1020. The van der Waals surface area contributed by atoms with E-state index in [9.17, 15) is 4.79 Å². The average molecular weight is 420 g/mol. The summed E-state index contributed by atoms with van der Waals surface area (Å²) in [4.78, 5) is 19.5. The maximum absolute atomic E-state index is 12.8. The van der Waals surface area contributed by atoms with Gasteiger partial charge in [-0.2, -0.15) is 4.52 Å². The minimum atomic E-state index is 0.200. The number of nitrogens with zero attached hydrogens (tertiary/aromatic N) is 7. The zero-order valence-corrected chi connectivity index (χ0v) is 17.9. The fourth-order valence-electron chi connectivity index (χ4n) is 4.50. The van der Waals surface area contributed by atoms with E-state index < -0.39 is 0 Å². The first-order valence-electron chi connectivity index (χ1n) is 11.2. The van der Waals surface area contributed by atoms with Gasteiger partial charge in [0.15, 0.2) is 5.65 Å². The molecule has 2 fully saturated rings. The van der Waals surface area contributed by atoms with Crippen molar-refractivity contribution >= 4 is 17.4 Å². The number of piperazine rings is 1. The molecule has 2 aliphatic heterocycles. The van der Waals surface area contributed by atoms with Gasteiger partial charge in [-0.25, -0.2) is 0 Å². The molecular weight excluding hydrogens is 390 g/mol. The SMILES string of the molecule is O=C(Cc1ccc(CN2CCCCC2)cc1)N1CCN(c2ccc3nncn3n2)CC1. The summed E-state index contributed by atoms with van der Waals surface area (Å²) in [5.41, 5.74) is 3.17. The second-order valence-corrected chi connectivity index (χ2v) is 8.52. The fourth-order valence-corrected chi connectivity index (χ4v) is 4.50. The van der Waals surface area contributed by atoms with E-state index in [1.54, 1.807) is 10.8 Å². The third-order valence-electron chi connectivity index (χ3n) is 6.34. The number of aromatic nitrogens is 4. The molecule has 0 unspecified atom stereocenters. The Balaban J connectivity index is 1.12. The van der Waals surface area contributed by atoms with Gasteiger partial charge in [-0.3, -0.25) is 9.69 Å². The summed E-state index contributed by atoms with van der Waals surface area (Å²) in [7, 11) is 0. The molecule has 0 spiro atoms. The van der Waals surface area contributed by atoms with E-state index in [1.807, 2.05) is 17.0 Å². The third kappa shape index (κ3) is 4.69. The minimum Gasteiger partial charge on any atom is -0.352 e. The molecule has 31 heavy (non-hydrogen) atoms. The normalized spacial score (nSPS) is 17.9. The number of hydrogen-bond acceptors (Lipinski definition) is 6. The molecule has 0 saturated carbocycles. The molecule has 5 rings (SSSR count). The molecule has 1 aromatic carbocycles. The molecule has 0 N–H and O–H groups in total. The van der Waals surface area contributed by atoms with Crippen LogP contribution in [-0.4, -0.2) is 74.8 Å². The molecule has 2 saturated heterocycles. The predicted octanol–water partition coefficient (Wildman–Crippen LogP) is 2.00. The summed E-state index contributed by atoms with van der Waals surface area (Å²) < 4.78 is 1.68. The van der Waals surface area contributed by atoms with Crippen molar-refractivity contribution in [2.24, 2.45) is 0 Å². The first-order chi connectivity index (χ1) is 15.2. The van der Waals surface area contributed by atoms with Gasteiger partial charge in [0, 0.05) is 32.7 Å². The number of carbonyl (C=O) groups is 1. The number of likely N-dealkylation sites (tertiary alicyclic amines) is 1. The molecule has 3 aromatic rings. The van der Waals surface area contributed by atoms with Crippen molar-refractivity contribution in [2.75, 3.05) is 44.2 Å². The molecule has 0 atom stereocenters. The molecule has 8 heteroatoms. The Hall–Kier alpha value is -3.00. The number of benzene rings is 1. The van der Waals surface area contributed by atoms with Crippen LogP contribution in [0.4, 0.5) is 5.82 Å². The summed E-state index contributed by atoms with van der Waals surface area (Å²) in [6.45, 7) is 6.42. The van der Waals surface area contributed by atoms with Crippen LogP contribution in [0.15, 0.2) is 42.7 Å². The van der Waals surface area contributed by atoms with Gasteiger partial charge in [0.1, 0.15) is 12.1 Å². The van der Waals surface area contributed by atoms with Crippen molar-refractivity contribution in [2.45, 2.75) is 32.2 Å². The number of amides is 1. The molecule has 2 aromatic heterocycles. The molecule has 162 valence electrons. The first-order valence-corrected chi connectivity index (χ1v) is 11.2. The monoisotopic (exact) mass is 419 g/mol. The van der Waals surface area contributed by atoms with E-state index in [-0.39, 0.29) is 5.91 Å². The molecular formula is C23H29N7O. The summed E-state index contributed by atoms with van der Waals surface area (Å²) in [6, 6.07) is 12.5. The van der Waals surface area contributed by atoms with Crippen LogP contribution in [0.3, 0.4) is 0 Å². The van der Waals surface area contributed by atoms with E-state index in [1.165, 1.54) is 37.9 Å². The van der Waals surface area contributed by atoms with Crippen LogP contribution in [0.25, 0.3) is 5.65 Å². The molecule has 2 aliphatic rings. The number of fused-ring (bicyclic) bond motifs is 1. The van der Waals surface area contributed by atoms with Crippen molar-refractivity contribution in [3.8, 4) is 0 Å². The number of carbonyl (C=O) groups excluding carboxylic acids is 1. The van der Waals surface area contributed by atoms with Crippen LogP contribution in [0.1, 0.15) is 30.4 Å². The van der Waals surface area contributed by atoms with Gasteiger partial charge in [0.25, 0.3) is 0 Å². The maximum atomic E-state index is 12.8. The first kappa shape index (κ1) is 19.9. The van der Waals surface area contributed by atoms with Gasteiger partial charge >= 0.3 is 0 Å². The van der Waals surface area contributed by atoms with Crippen LogP contribution in [-0.2, 0) is 17.8 Å². The van der Waals surface area contributed by atoms with Gasteiger partial charge in [-0.1, -0.05) is 30.7 Å². The predicted molar refractivity (Wildman–Crippen MR) is 119 cm³/mol. The van der Waals surface area contributed by atoms with Crippen molar-refractivity contribution < 1.29 is 4.79 Å². The Kier molecular flexibility index (Phi) is 5.80.